The first kappa shape index (κ1) is 13.0. The summed E-state index contributed by atoms with van der Waals surface area (Å²) in [4.78, 5) is 25.9. The first-order chi connectivity index (χ1) is 9.70. The normalized spacial score (nSPS) is 22.6. The molecule has 5 nitrogen and oxygen atoms in total. The number of carbonyl (C=O) groups is 2. The fourth-order valence-corrected chi connectivity index (χ4v) is 2.75. The lowest BCUT2D eigenvalue weighted by Gasteiger charge is -2.35. The number of methoxy groups -OCH3 is 1. The van der Waals surface area contributed by atoms with Gasteiger partial charge in [-0.1, -0.05) is 18.2 Å². The highest BCUT2D eigenvalue weighted by molar-refractivity contribution is 5.95. The van der Waals surface area contributed by atoms with Crippen LogP contribution < -0.4 is 10.1 Å². The van der Waals surface area contributed by atoms with Gasteiger partial charge in [0.05, 0.1) is 20.2 Å². The molecule has 0 bridgehead atoms. The molecule has 0 radical (unpaired) electrons. The second-order valence-electron chi connectivity index (χ2n) is 5.33. The average Bonchev–Trinajstić information content (AvgIpc) is 3.28. The standard InChI is InChI=1S/C15H18N2O3/c1-20-12-5-3-2-4-11(12)9-17-13(18)8-16-15(19)14(17)10-6-7-10/h2-5,10,14H,6-9H2,1H3,(H,16,19). The number of piperazine rings is 1. The Bertz CT molecular complexity index is 540. The number of para-hydroxylation sites is 1. The zero-order valence-corrected chi connectivity index (χ0v) is 11.5. The average molecular weight is 274 g/mol. The van der Waals surface area contributed by atoms with Gasteiger partial charge in [-0.2, -0.15) is 0 Å². The van der Waals surface area contributed by atoms with Crippen LogP contribution in [0, 0.1) is 5.92 Å². The number of carbonyl (C=O) groups excluding carboxylic acids is 2. The molecule has 2 fully saturated rings. The summed E-state index contributed by atoms with van der Waals surface area (Å²) >= 11 is 0. The highest BCUT2D eigenvalue weighted by Crippen LogP contribution is 2.37. The first-order valence-electron chi connectivity index (χ1n) is 6.90. The van der Waals surface area contributed by atoms with Crippen molar-refractivity contribution >= 4 is 11.8 Å². The molecule has 2 amide bonds. The number of hydrogen-bond donors (Lipinski definition) is 1. The van der Waals surface area contributed by atoms with Crippen LogP contribution in [0.4, 0.5) is 0 Å². The van der Waals surface area contributed by atoms with Gasteiger partial charge >= 0.3 is 0 Å². The molecule has 2 aliphatic rings. The van der Waals surface area contributed by atoms with E-state index in [0.717, 1.165) is 24.2 Å². The van der Waals surface area contributed by atoms with Crippen LogP contribution in [0.3, 0.4) is 0 Å². The van der Waals surface area contributed by atoms with E-state index in [2.05, 4.69) is 5.32 Å². The van der Waals surface area contributed by atoms with Crippen LogP contribution in [0.5, 0.6) is 5.75 Å². The van der Waals surface area contributed by atoms with E-state index in [0.29, 0.717) is 12.5 Å². The van der Waals surface area contributed by atoms with Crippen LogP contribution in [0.1, 0.15) is 18.4 Å². The van der Waals surface area contributed by atoms with Crippen molar-refractivity contribution in [3.8, 4) is 5.75 Å². The van der Waals surface area contributed by atoms with Crippen LogP contribution in [-0.4, -0.2) is 36.4 Å². The molecule has 106 valence electrons. The van der Waals surface area contributed by atoms with Crippen molar-refractivity contribution in [1.29, 1.82) is 0 Å². The smallest absolute Gasteiger partial charge is 0.243 e. The summed E-state index contributed by atoms with van der Waals surface area (Å²) in [5, 5.41) is 2.69. The zero-order chi connectivity index (χ0) is 14.1. The van der Waals surface area contributed by atoms with Gasteiger partial charge in [0.25, 0.3) is 0 Å². The largest absolute Gasteiger partial charge is 0.496 e. The van der Waals surface area contributed by atoms with Gasteiger partial charge in [-0.25, -0.2) is 0 Å². The number of ether oxygens (including phenoxy) is 1. The number of rotatable bonds is 4. The van der Waals surface area contributed by atoms with Crippen molar-refractivity contribution in [2.24, 2.45) is 5.92 Å². The van der Waals surface area contributed by atoms with E-state index in [1.807, 2.05) is 24.3 Å². The molecule has 0 aromatic heterocycles. The topological polar surface area (TPSA) is 58.6 Å². The van der Waals surface area contributed by atoms with Crippen molar-refractivity contribution < 1.29 is 14.3 Å². The molecule has 1 saturated carbocycles. The summed E-state index contributed by atoms with van der Waals surface area (Å²) in [6, 6.07) is 7.30. The Hall–Kier alpha value is -2.04. The summed E-state index contributed by atoms with van der Waals surface area (Å²) in [7, 11) is 1.61. The number of amides is 2. The van der Waals surface area contributed by atoms with Gasteiger partial charge in [0.2, 0.25) is 11.8 Å². The molecule has 0 spiro atoms. The van der Waals surface area contributed by atoms with Crippen molar-refractivity contribution in [1.82, 2.24) is 10.2 Å². The van der Waals surface area contributed by atoms with Gasteiger partial charge in [-0.15, -0.1) is 0 Å². The Balaban J connectivity index is 1.86. The number of nitrogens with one attached hydrogen (secondary N) is 1. The Morgan fingerprint density at radius 1 is 1.30 bits per heavy atom. The van der Waals surface area contributed by atoms with Crippen LogP contribution in [0.2, 0.25) is 0 Å². The fraction of sp³-hybridized carbons (Fsp3) is 0.467. The number of nitrogens with zero attached hydrogens (tertiary/aromatic N) is 1. The second-order valence-corrected chi connectivity index (χ2v) is 5.33. The van der Waals surface area contributed by atoms with Gasteiger partial charge in [0.1, 0.15) is 11.8 Å². The molecule has 1 aliphatic carbocycles. The highest BCUT2D eigenvalue weighted by atomic mass is 16.5. The van der Waals surface area contributed by atoms with Crippen LogP contribution in [0.25, 0.3) is 0 Å². The molecule has 1 aromatic rings. The minimum atomic E-state index is -0.318. The first-order valence-corrected chi connectivity index (χ1v) is 6.90. The van der Waals surface area contributed by atoms with Gasteiger partial charge in [0.15, 0.2) is 0 Å². The summed E-state index contributed by atoms with van der Waals surface area (Å²) in [5.41, 5.74) is 0.934. The van der Waals surface area contributed by atoms with E-state index in [1.165, 1.54) is 0 Å². The lowest BCUT2D eigenvalue weighted by molar-refractivity contribution is -0.147. The van der Waals surface area contributed by atoms with Gasteiger partial charge < -0.3 is 15.0 Å². The fourth-order valence-electron chi connectivity index (χ4n) is 2.75. The Morgan fingerprint density at radius 3 is 2.75 bits per heavy atom. The molecule has 20 heavy (non-hydrogen) atoms. The molecule has 5 heteroatoms. The predicted octanol–water partition coefficient (Wildman–Crippen LogP) is 0.932. The van der Waals surface area contributed by atoms with Crippen LogP contribution >= 0.6 is 0 Å². The van der Waals surface area contributed by atoms with Crippen LogP contribution in [0.15, 0.2) is 24.3 Å². The third-order valence-corrected chi connectivity index (χ3v) is 3.94. The summed E-state index contributed by atoms with van der Waals surface area (Å²) in [6.07, 6.45) is 2.04. The molecular formula is C15H18N2O3. The number of benzene rings is 1. The van der Waals surface area contributed by atoms with Crippen molar-refractivity contribution in [3.05, 3.63) is 29.8 Å². The van der Waals surface area contributed by atoms with Crippen LogP contribution in [-0.2, 0) is 16.1 Å². The summed E-state index contributed by atoms with van der Waals surface area (Å²) in [5.74, 6) is 1.02. The maximum atomic E-state index is 12.2. The lowest BCUT2D eigenvalue weighted by atomic mass is 10.1. The van der Waals surface area contributed by atoms with Gasteiger partial charge in [-0.3, -0.25) is 9.59 Å². The molecule has 1 unspecified atom stereocenters. The summed E-state index contributed by atoms with van der Waals surface area (Å²) < 4.78 is 5.32. The maximum Gasteiger partial charge on any atom is 0.243 e. The van der Waals surface area contributed by atoms with E-state index < -0.39 is 0 Å². The molecular weight excluding hydrogens is 256 g/mol. The maximum absolute atomic E-state index is 12.2. The highest BCUT2D eigenvalue weighted by Gasteiger charge is 2.44. The Labute approximate surface area is 117 Å². The van der Waals surface area contributed by atoms with Gasteiger partial charge in [-0.05, 0) is 24.8 Å². The summed E-state index contributed by atoms with van der Waals surface area (Å²) in [6.45, 7) is 0.522. The third kappa shape index (κ3) is 2.35. The number of hydrogen-bond acceptors (Lipinski definition) is 3. The van der Waals surface area contributed by atoms with Crippen molar-refractivity contribution in [3.63, 3.8) is 0 Å². The predicted molar refractivity (Wildman–Crippen MR) is 73.1 cm³/mol. The molecule has 1 N–H and O–H groups in total. The molecule has 1 aliphatic heterocycles. The van der Waals surface area contributed by atoms with E-state index in [1.54, 1.807) is 12.0 Å². The zero-order valence-electron chi connectivity index (χ0n) is 11.5. The molecule has 1 aromatic carbocycles. The van der Waals surface area contributed by atoms with E-state index in [-0.39, 0.29) is 24.4 Å². The van der Waals surface area contributed by atoms with E-state index in [4.69, 9.17) is 4.74 Å². The van der Waals surface area contributed by atoms with Gasteiger partial charge in [0, 0.05) is 5.56 Å². The molecule has 1 heterocycles. The van der Waals surface area contributed by atoms with E-state index in [9.17, 15) is 9.59 Å². The van der Waals surface area contributed by atoms with Crippen molar-refractivity contribution in [2.75, 3.05) is 13.7 Å². The molecule has 1 saturated heterocycles. The van der Waals surface area contributed by atoms with Crippen molar-refractivity contribution in [2.45, 2.75) is 25.4 Å². The Morgan fingerprint density at radius 2 is 2.05 bits per heavy atom. The molecule has 1 atom stereocenters. The quantitative estimate of drug-likeness (QED) is 0.888. The monoisotopic (exact) mass is 274 g/mol. The molecule has 3 rings (SSSR count). The van der Waals surface area contributed by atoms with E-state index >= 15 is 0 Å². The lowest BCUT2D eigenvalue weighted by Crippen LogP contribution is -2.58. The Kier molecular flexibility index (Phi) is 3.34. The third-order valence-electron chi connectivity index (χ3n) is 3.94. The second kappa shape index (κ2) is 5.15. The minimum absolute atomic E-state index is 0.0209. The minimum Gasteiger partial charge on any atom is -0.496 e. The SMILES string of the molecule is COc1ccccc1CN1C(=O)CNC(=O)C1C1CC1.